The van der Waals surface area contributed by atoms with Gasteiger partial charge in [-0.05, 0) is 22.0 Å². The molecule has 0 aliphatic carbocycles. The molecule has 0 fully saturated rings. The average molecular weight is 364 g/mol. The molecule has 0 saturated heterocycles. The minimum atomic E-state index is -1.11. The first-order valence-electron chi connectivity index (χ1n) is 6.38. The first kappa shape index (κ1) is 17.3. The SMILES string of the molecule is CON(C)C(=O)c1cc(Br)nn1COCC[Si](C)(C)C. The van der Waals surface area contributed by atoms with Crippen LogP contribution in [0.3, 0.4) is 0 Å². The molecule has 6 nitrogen and oxygen atoms in total. The van der Waals surface area contributed by atoms with Gasteiger partial charge in [0.25, 0.3) is 5.91 Å². The molecule has 20 heavy (non-hydrogen) atoms. The van der Waals surface area contributed by atoms with E-state index in [1.54, 1.807) is 13.1 Å². The van der Waals surface area contributed by atoms with Crippen LogP contribution in [0, 0.1) is 0 Å². The molecule has 1 aromatic heterocycles. The van der Waals surface area contributed by atoms with E-state index in [1.165, 1.54) is 11.8 Å². The second-order valence-corrected chi connectivity index (χ2v) is 12.1. The molecule has 0 N–H and O–H groups in total. The molecule has 0 bridgehead atoms. The van der Waals surface area contributed by atoms with Crippen molar-refractivity contribution in [3.63, 3.8) is 0 Å². The van der Waals surface area contributed by atoms with Crippen molar-refractivity contribution in [1.82, 2.24) is 14.8 Å². The summed E-state index contributed by atoms with van der Waals surface area (Å²) < 4.78 is 7.75. The van der Waals surface area contributed by atoms with Crippen LogP contribution in [-0.2, 0) is 16.3 Å². The van der Waals surface area contributed by atoms with Gasteiger partial charge in [0.05, 0.1) is 7.11 Å². The molecule has 1 amide bonds. The van der Waals surface area contributed by atoms with E-state index in [2.05, 4.69) is 40.7 Å². The van der Waals surface area contributed by atoms with Crippen LogP contribution in [-0.4, -0.2) is 49.6 Å². The first-order valence-corrected chi connectivity index (χ1v) is 10.9. The number of hydroxylamine groups is 2. The van der Waals surface area contributed by atoms with Crippen LogP contribution in [0.4, 0.5) is 0 Å². The third-order valence-electron chi connectivity index (χ3n) is 2.74. The number of rotatable bonds is 7. The highest BCUT2D eigenvalue weighted by Crippen LogP contribution is 2.13. The molecule has 0 radical (unpaired) electrons. The molecule has 0 aromatic carbocycles. The Bertz CT molecular complexity index is 459. The van der Waals surface area contributed by atoms with E-state index < -0.39 is 8.07 Å². The van der Waals surface area contributed by atoms with E-state index >= 15 is 0 Å². The molecule has 1 rings (SSSR count). The molecule has 0 aliphatic heterocycles. The summed E-state index contributed by atoms with van der Waals surface area (Å²) in [5.74, 6) is -0.264. The number of ether oxygens (including phenoxy) is 1. The molecule has 1 aromatic rings. The molecule has 0 unspecified atom stereocenters. The summed E-state index contributed by atoms with van der Waals surface area (Å²) in [4.78, 5) is 17.0. The second kappa shape index (κ2) is 7.35. The van der Waals surface area contributed by atoms with E-state index in [0.29, 0.717) is 16.9 Å². The zero-order valence-electron chi connectivity index (χ0n) is 12.6. The Hall–Kier alpha value is -0.703. The fraction of sp³-hybridized carbons (Fsp3) is 0.667. The number of halogens is 1. The summed E-state index contributed by atoms with van der Waals surface area (Å²) in [5.41, 5.74) is 0.425. The van der Waals surface area contributed by atoms with Crippen molar-refractivity contribution in [3.8, 4) is 0 Å². The van der Waals surface area contributed by atoms with Crippen molar-refractivity contribution in [3.05, 3.63) is 16.4 Å². The van der Waals surface area contributed by atoms with E-state index in [4.69, 9.17) is 9.57 Å². The highest BCUT2D eigenvalue weighted by Gasteiger charge is 2.19. The molecule has 0 atom stereocenters. The number of carbonyl (C=O) groups is 1. The first-order chi connectivity index (χ1) is 9.24. The Balaban J connectivity index is 2.64. The fourth-order valence-electron chi connectivity index (χ4n) is 1.43. The van der Waals surface area contributed by atoms with E-state index in [1.807, 2.05) is 0 Å². The Labute approximate surface area is 129 Å². The van der Waals surface area contributed by atoms with Crippen LogP contribution in [0.25, 0.3) is 0 Å². The molecular weight excluding hydrogens is 342 g/mol. The lowest BCUT2D eigenvalue weighted by atomic mass is 10.4. The smallest absolute Gasteiger partial charge is 0.295 e. The monoisotopic (exact) mass is 363 g/mol. The maximum absolute atomic E-state index is 12.1. The summed E-state index contributed by atoms with van der Waals surface area (Å²) in [6.07, 6.45) is 0. The molecule has 0 spiro atoms. The highest BCUT2D eigenvalue weighted by atomic mass is 79.9. The average Bonchev–Trinajstić information content (AvgIpc) is 2.73. The van der Waals surface area contributed by atoms with E-state index in [9.17, 15) is 4.79 Å². The lowest BCUT2D eigenvalue weighted by Crippen LogP contribution is -2.28. The van der Waals surface area contributed by atoms with Gasteiger partial charge in [-0.1, -0.05) is 19.6 Å². The Morgan fingerprint density at radius 1 is 1.50 bits per heavy atom. The van der Waals surface area contributed by atoms with Crippen molar-refractivity contribution in [2.75, 3.05) is 20.8 Å². The Morgan fingerprint density at radius 3 is 2.70 bits per heavy atom. The minimum absolute atomic E-state index is 0.259. The lowest BCUT2D eigenvalue weighted by Gasteiger charge is -2.17. The van der Waals surface area contributed by atoms with E-state index in [0.717, 1.165) is 11.1 Å². The molecule has 0 saturated carbocycles. The summed E-state index contributed by atoms with van der Waals surface area (Å²) in [7, 11) is 1.89. The van der Waals surface area contributed by atoms with Crippen LogP contribution in [0.1, 0.15) is 10.5 Å². The van der Waals surface area contributed by atoms with Gasteiger partial charge < -0.3 is 4.74 Å². The minimum Gasteiger partial charge on any atom is -0.360 e. The zero-order valence-corrected chi connectivity index (χ0v) is 15.2. The third kappa shape index (κ3) is 5.35. The van der Waals surface area contributed by atoms with Crippen molar-refractivity contribution in [2.24, 2.45) is 0 Å². The largest absolute Gasteiger partial charge is 0.360 e. The summed E-state index contributed by atoms with van der Waals surface area (Å²) in [6.45, 7) is 7.83. The zero-order chi connectivity index (χ0) is 15.3. The number of hydrogen-bond donors (Lipinski definition) is 0. The predicted molar refractivity (Wildman–Crippen MR) is 83.1 cm³/mol. The molecule has 114 valence electrons. The van der Waals surface area contributed by atoms with Gasteiger partial charge >= 0.3 is 0 Å². The van der Waals surface area contributed by atoms with Gasteiger partial charge in [-0.2, -0.15) is 5.10 Å². The molecule has 0 aliphatic rings. The molecular formula is C12H22BrN3O3Si. The van der Waals surface area contributed by atoms with Crippen LogP contribution in [0.15, 0.2) is 10.7 Å². The topological polar surface area (TPSA) is 56.6 Å². The van der Waals surface area contributed by atoms with Gasteiger partial charge in [-0.25, -0.2) is 9.75 Å². The van der Waals surface area contributed by atoms with Gasteiger partial charge in [0.2, 0.25) is 0 Å². The number of hydrogen-bond acceptors (Lipinski definition) is 4. The highest BCUT2D eigenvalue weighted by molar-refractivity contribution is 9.10. The standard InChI is InChI=1S/C12H22BrN3O3Si/c1-15(18-2)12(17)10-8-11(13)14-16(10)9-19-6-7-20(3,4)5/h8H,6-7,9H2,1-5H3. The summed E-state index contributed by atoms with van der Waals surface area (Å²) in [6, 6.07) is 2.73. The summed E-state index contributed by atoms with van der Waals surface area (Å²) in [5, 5.41) is 5.35. The predicted octanol–water partition coefficient (Wildman–Crippen LogP) is 2.59. The Kier molecular flexibility index (Phi) is 6.37. The van der Waals surface area contributed by atoms with E-state index in [-0.39, 0.29) is 12.6 Å². The van der Waals surface area contributed by atoms with Gasteiger partial charge in [-0.15, -0.1) is 0 Å². The molecule has 8 heteroatoms. The number of carbonyl (C=O) groups excluding carboxylic acids is 1. The van der Waals surface area contributed by atoms with Crippen molar-refractivity contribution >= 4 is 29.9 Å². The van der Waals surface area contributed by atoms with Crippen molar-refractivity contribution in [1.29, 1.82) is 0 Å². The van der Waals surface area contributed by atoms with Gasteiger partial charge in [0.1, 0.15) is 17.0 Å². The number of nitrogens with zero attached hydrogens (tertiary/aromatic N) is 3. The quantitative estimate of drug-likeness (QED) is 0.424. The molecule has 1 heterocycles. The van der Waals surface area contributed by atoms with Crippen LogP contribution in [0.2, 0.25) is 25.7 Å². The van der Waals surface area contributed by atoms with Crippen molar-refractivity contribution < 1.29 is 14.4 Å². The normalized spacial score (nSPS) is 11.7. The van der Waals surface area contributed by atoms with Gasteiger partial charge in [-0.3, -0.25) is 9.63 Å². The Morgan fingerprint density at radius 2 is 2.15 bits per heavy atom. The van der Waals surface area contributed by atoms with Crippen LogP contribution >= 0.6 is 15.9 Å². The second-order valence-electron chi connectivity index (χ2n) is 5.69. The van der Waals surface area contributed by atoms with Crippen LogP contribution in [0.5, 0.6) is 0 Å². The third-order valence-corrected chi connectivity index (χ3v) is 4.83. The number of amides is 1. The maximum Gasteiger partial charge on any atom is 0.295 e. The van der Waals surface area contributed by atoms with Crippen LogP contribution < -0.4 is 0 Å². The van der Waals surface area contributed by atoms with Crippen molar-refractivity contribution in [2.45, 2.75) is 32.4 Å². The summed E-state index contributed by atoms with van der Waals surface area (Å²) >= 11 is 3.27. The van der Waals surface area contributed by atoms with Gasteiger partial charge in [0.15, 0.2) is 0 Å². The lowest BCUT2D eigenvalue weighted by molar-refractivity contribution is -0.0768. The fourth-order valence-corrected chi connectivity index (χ4v) is 2.59. The number of aromatic nitrogens is 2. The maximum atomic E-state index is 12.1. The van der Waals surface area contributed by atoms with Gasteiger partial charge in [0, 0.05) is 27.8 Å².